The van der Waals surface area contributed by atoms with E-state index in [1.54, 1.807) is 5.01 Å². The quantitative estimate of drug-likeness (QED) is 0.317. The van der Waals surface area contributed by atoms with Crippen molar-refractivity contribution in [2.24, 2.45) is 5.84 Å². The van der Waals surface area contributed by atoms with E-state index in [9.17, 15) is 18.7 Å². The van der Waals surface area contributed by atoms with Gasteiger partial charge in [0.25, 0.3) is 0 Å². The van der Waals surface area contributed by atoms with E-state index in [-0.39, 0.29) is 33.0 Å². The Morgan fingerprint density at radius 1 is 1.22 bits per heavy atom. The van der Waals surface area contributed by atoms with Gasteiger partial charge >= 0.3 is 5.97 Å². The van der Waals surface area contributed by atoms with Gasteiger partial charge in [0.1, 0.15) is 11.6 Å². The van der Waals surface area contributed by atoms with E-state index in [1.807, 2.05) is 13.8 Å². The van der Waals surface area contributed by atoms with Crippen molar-refractivity contribution in [2.75, 3.05) is 18.8 Å². The van der Waals surface area contributed by atoms with Gasteiger partial charge in [0.05, 0.1) is 21.8 Å². The van der Waals surface area contributed by atoms with E-state index < -0.39 is 17.6 Å². The number of nitrogens with two attached hydrogens (primary N) is 2. The molecule has 0 radical (unpaired) electrons. The van der Waals surface area contributed by atoms with E-state index >= 15 is 0 Å². The van der Waals surface area contributed by atoms with Crippen LogP contribution < -0.4 is 11.6 Å². The van der Waals surface area contributed by atoms with Crippen molar-refractivity contribution in [3.8, 4) is 23.5 Å². The van der Waals surface area contributed by atoms with Crippen LogP contribution in [0.5, 0.6) is 0 Å². The first-order chi connectivity index (χ1) is 12.7. The monoisotopic (exact) mass is 395 g/mol. The summed E-state index contributed by atoms with van der Waals surface area (Å²) in [6.45, 7) is 5.94. The van der Waals surface area contributed by atoms with Crippen LogP contribution in [-0.4, -0.2) is 29.2 Å². The third-order valence-electron chi connectivity index (χ3n) is 3.66. The van der Waals surface area contributed by atoms with Crippen molar-refractivity contribution in [1.29, 1.82) is 0 Å². The Morgan fingerprint density at radius 2 is 1.74 bits per heavy atom. The van der Waals surface area contributed by atoms with Crippen molar-refractivity contribution in [3.63, 3.8) is 0 Å². The van der Waals surface area contributed by atoms with E-state index in [0.29, 0.717) is 6.07 Å². The lowest BCUT2D eigenvalue weighted by Crippen LogP contribution is -2.29. The van der Waals surface area contributed by atoms with Crippen LogP contribution in [0.1, 0.15) is 29.8 Å². The molecule has 27 heavy (non-hydrogen) atoms. The molecule has 144 valence electrons. The molecule has 2 aromatic carbocycles. The maximum atomic E-state index is 13.3. The number of aromatic carboxylic acids is 1. The van der Waals surface area contributed by atoms with Crippen LogP contribution >= 0.6 is 11.6 Å². The predicted molar refractivity (Wildman–Crippen MR) is 103 cm³/mol. The molecule has 2 rings (SSSR count). The molecule has 0 aliphatic heterocycles. The lowest BCUT2D eigenvalue weighted by Gasteiger charge is -2.13. The predicted octanol–water partition coefficient (Wildman–Crippen LogP) is 3.75. The topological polar surface area (TPSA) is 92.6 Å². The molecule has 0 aliphatic rings. The van der Waals surface area contributed by atoms with Crippen LogP contribution in [0.3, 0.4) is 0 Å². The van der Waals surface area contributed by atoms with Crippen LogP contribution in [0.4, 0.5) is 14.5 Å². The largest absolute Gasteiger partial charge is 0.478 e. The summed E-state index contributed by atoms with van der Waals surface area (Å²) >= 11 is 5.87. The van der Waals surface area contributed by atoms with Crippen LogP contribution in [-0.2, 0) is 0 Å². The number of hydrazine groups is 1. The Labute approximate surface area is 161 Å². The second-order valence-electron chi connectivity index (χ2n) is 5.40. The highest BCUT2D eigenvalue weighted by Gasteiger charge is 2.20. The molecule has 0 aliphatic carbocycles. The zero-order valence-electron chi connectivity index (χ0n) is 14.9. The number of halogens is 3. The van der Waals surface area contributed by atoms with E-state index in [1.165, 1.54) is 0 Å². The van der Waals surface area contributed by atoms with E-state index in [4.69, 9.17) is 29.6 Å². The maximum Gasteiger partial charge on any atom is 0.336 e. The first kappa shape index (κ1) is 22.4. The molecule has 0 unspecified atom stereocenters. The molecule has 0 amide bonds. The summed E-state index contributed by atoms with van der Waals surface area (Å²) in [7, 11) is 0. The van der Waals surface area contributed by atoms with Crippen LogP contribution in [0.25, 0.3) is 11.1 Å². The number of carbonyl (C=O) groups is 1. The van der Waals surface area contributed by atoms with Crippen LogP contribution in [0, 0.1) is 24.0 Å². The average Bonchev–Trinajstić information content (AvgIpc) is 2.60. The minimum Gasteiger partial charge on any atom is -0.478 e. The fourth-order valence-corrected chi connectivity index (χ4v) is 2.48. The fourth-order valence-electron chi connectivity index (χ4n) is 2.22. The van der Waals surface area contributed by atoms with Gasteiger partial charge in [-0.25, -0.2) is 18.6 Å². The summed E-state index contributed by atoms with van der Waals surface area (Å²) < 4.78 is 26.7. The minimum atomic E-state index is -1.34. The van der Waals surface area contributed by atoms with Crippen molar-refractivity contribution < 1.29 is 18.7 Å². The molecule has 0 heterocycles. The third-order valence-corrected chi connectivity index (χ3v) is 3.95. The van der Waals surface area contributed by atoms with Gasteiger partial charge in [0.2, 0.25) is 0 Å². The van der Waals surface area contributed by atoms with Crippen molar-refractivity contribution in [1.82, 2.24) is 5.01 Å². The number of benzene rings is 2. The minimum absolute atomic E-state index is 0.0203. The molecule has 0 atom stereocenters. The molecule has 0 saturated carbocycles. The maximum absolute atomic E-state index is 13.3. The second kappa shape index (κ2) is 9.88. The van der Waals surface area contributed by atoms with Gasteiger partial charge in [-0.15, -0.1) is 6.42 Å². The molecule has 8 heteroatoms. The highest BCUT2D eigenvalue weighted by atomic mass is 35.5. The Morgan fingerprint density at radius 3 is 2.11 bits per heavy atom. The van der Waals surface area contributed by atoms with Gasteiger partial charge in [-0.05, 0) is 23.8 Å². The number of nitrogens with zero attached hydrogens (tertiary/aromatic N) is 1. The Kier molecular flexibility index (Phi) is 8.19. The highest BCUT2D eigenvalue weighted by molar-refractivity contribution is 6.33. The summed E-state index contributed by atoms with van der Waals surface area (Å²) in [5.74, 6) is 4.47. The van der Waals surface area contributed by atoms with Gasteiger partial charge in [0.15, 0.2) is 0 Å². The summed E-state index contributed by atoms with van der Waals surface area (Å²) in [6.07, 6.45) is 5.27. The van der Waals surface area contributed by atoms with Crippen molar-refractivity contribution in [3.05, 3.63) is 52.0 Å². The summed E-state index contributed by atoms with van der Waals surface area (Å²) in [5, 5.41) is 11.0. The smallest absolute Gasteiger partial charge is 0.336 e. The van der Waals surface area contributed by atoms with E-state index in [2.05, 4.69) is 5.92 Å². The van der Waals surface area contributed by atoms with E-state index in [0.717, 1.165) is 31.3 Å². The van der Waals surface area contributed by atoms with Gasteiger partial charge in [-0.3, -0.25) is 5.84 Å². The molecule has 2 aromatic rings. The third kappa shape index (κ3) is 5.66. The fraction of sp³-hybridized carbons (Fsp3) is 0.211. The lowest BCUT2D eigenvalue weighted by atomic mass is 9.94. The van der Waals surface area contributed by atoms with Gasteiger partial charge in [-0.2, -0.15) is 0 Å². The number of terminal acetylenes is 1. The molecule has 5 nitrogen and oxygen atoms in total. The van der Waals surface area contributed by atoms with Crippen molar-refractivity contribution in [2.45, 2.75) is 13.8 Å². The molecule has 5 N–H and O–H groups in total. The molecule has 0 aromatic heterocycles. The standard InChI is InChI=1S/C15H8ClF2NO2.C4H12N2/c1-2-10-12(16)6-11(15(20)21)13(14(10)19)7-3-8(17)5-9(18)4-7;1-3-6(5)4-2/h1,3-6H,19H2,(H,20,21);3-5H2,1-2H3. The molecular formula is C19H20ClF2N3O2. The second-order valence-corrected chi connectivity index (χ2v) is 5.81. The molecule has 0 saturated heterocycles. The number of carboxylic acid groups (broad SMARTS) is 1. The van der Waals surface area contributed by atoms with Gasteiger partial charge < -0.3 is 10.8 Å². The van der Waals surface area contributed by atoms with Crippen LogP contribution in [0.15, 0.2) is 24.3 Å². The summed E-state index contributed by atoms with van der Waals surface area (Å²) in [4.78, 5) is 11.3. The summed E-state index contributed by atoms with van der Waals surface area (Å²) in [6, 6.07) is 3.70. The number of anilines is 1. The summed E-state index contributed by atoms with van der Waals surface area (Å²) in [5.41, 5.74) is 5.39. The van der Waals surface area contributed by atoms with Crippen molar-refractivity contribution >= 4 is 23.3 Å². The van der Waals surface area contributed by atoms with Gasteiger partial charge in [-0.1, -0.05) is 31.4 Å². The number of hydrogen-bond acceptors (Lipinski definition) is 4. The van der Waals surface area contributed by atoms with Crippen LogP contribution in [0.2, 0.25) is 5.02 Å². The number of rotatable bonds is 4. The zero-order valence-corrected chi connectivity index (χ0v) is 15.6. The normalized spacial score (nSPS) is 10.1. The number of nitrogen functional groups attached to an aromatic ring is 1. The lowest BCUT2D eigenvalue weighted by molar-refractivity contribution is 0.0697. The Balaban J connectivity index is 0.000000527. The highest BCUT2D eigenvalue weighted by Crippen LogP contribution is 2.37. The van der Waals surface area contributed by atoms with Gasteiger partial charge in [0, 0.05) is 24.7 Å². The average molecular weight is 396 g/mol. The first-order valence-corrected chi connectivity index (χ1v) is 8.31. The zero-order chi connectivity index (χ0) is 20.7. The molecule has 0 fully saturated rings. The molecule has 0 bridgehead atoms. The number of carboxylic acids is 1. The SMILES string of the molecule is C#Cc1c(Cl)cc(C(=O)O)c(-c2cc(F)cc(F)c2)c1N.CCN(N)CC. The Bertz CT molecular complexity index is 858. The first-order valence-electron chi connectivity index (χ1n) is 7.94. The Hall–Kier alpha value is -2.66. The molecular weight excluding hydrogens is 376 g/mol. The molecule has 0 spiro atoms. The number of hydrogen-bond donors (Lipinski definition) is 3.